The summed E-state index contributed by atoms with van der Waals surface area (Å²) in [5, 5.41) is 4.75. The maximum absolute atomic E-state index is 5.95. The fourth-order valence-corrected chi connectivity index (χ4v) is 1.39. The van der Waals surface area contributed by atoms with Crippen molar-refractivity contribution in [1.82, 2.24) is 24.7 Å². The Labute approximate surface area is 109 Å². The smallest absolute Gasteiger partial charge is 0.257 e. The van der Waals surface area contributed by atoms with Crippen LogP contribution in [-0.4, -0.2) is 38.8 Å². The van der Waals surface area contributed by atoms with Gasteiger partial charge in [-0.05, 0) is 6.92 Å². The number of nitrogens with two attached hydrogens (primary N) is 1. The van der Waals surface area contributed by atoms with Crippen molar-refractivity contribution in [3.05, 3.63) is 16.9 Å². The maximum atomic E-state index is 5.95. The number of rotatable bonds is 3. The molecule has 0 aliphatic rings. The number of hydrazine groups is 1. The summed E-state index contributed by atoms with van der Waals surface area (Å²) in [5.41, 5.74) is 3.09. The Morgan fingerprint density at radius 3 is 2.56 bits per heavy atom. The van der Waals surface area contributed by atoms with Crippen LogP contribution in [0.2, 0.25) is 5.02 Å². The van der Waals surface area contributed by atoms with Gasteiger partial charge < -0.3 is 4.90 Å². The first-order valence-electron chi connectivity index (χ1n) is 5.13. The van der Waals surface area contributed by atoms with Crippen LogP contribution in [-0.2, 0) is 0 Å². The molecule has 0 saturated heterocycles. The van der Waals surface area contributed by atoms with E-state index < -0.39 is 0 Å². The number of aryl methyl sites for hydroxylation is 1. The summed E-state index contributed by atoms with van der Waals surface area (Å²) < 4.78 is 1.48. The molecule has 9 heteroatoms. The van der Waals surface area contributed by atoms with E-state index in [9.17, 15) is 0 Å². The third kappa shape index (κ3) is 2.34. The number of hydrogen-bond acceptors (Lipinski definition) is 7. The second-order valence-corrected chi connectivity index (χ2v) is 4.21. The lowest BCUT2D eigenvalue weighted by molar-refractivity contribution is 0.780. The molecule has 2 rings (SSSR count). The number of halogens is 1. The highest BCUT2D eigenvalue weighted by Crippen LogP contribution is 2.16. The molecule has 0 amide bonds. The number of nitrogens with one attached hydrogen (secondary N) is 1. The van der Waals surface area contributed by atoms with Crippen LogP contribution in [0.4, 0.5) is 11.9 Å². The first-order valence-corrected chi connectivity index (χ1v) is 5.51. The minimum absolute atomic E-state index is 0.257. The van der Waals surface area contributed by atoms with Gasteiger partial charge in [-0.25, -0.2) is 10.5 Å². The molecule has 0 bridgehead atoms. The van der Waals surface area contributed by atoms with E-state index in [4.69, 9.17) is 17.4 Å². The van der Waals surface area contributed by atoms with Gasteiger partial charge in [0.15, 0.2) is 0 Å². The van der Waals surface area contributed by atoms with Crippen LogP contribution in [0.25, 0.3) is 5.95 Å². The Hall–Kier alpha value is -1.93. The van der Waals surface area contributed by atoms with Crippen LogP contribution in [0.1, 0.15) is 5.69 Å². The van der Waals surface area contributed by atoms with Crippen LogP contribution in [0.5, 0.6) is 0 Å². The average Bonchev–Trinajstić information content (AvgIpc) is 2.69. The van der Waals surface area contributed by atoms with E-state index in [1.807, 2.05) is 14.1 Å². The van der Waals surface area contributed by atoms with Gasteiger partial charge >= 0.3 is 0 Å². The van der Waals surface area contributed by atoms with Gasteiger partial charge in [0, 0.05) is 14.1 Å². The summed E-state index contributed by atoms with van der Waals surface area (Å²) in [7, 11) is 3.64. The van der Waals surface area contributed by atoms with Gasteiger partial charge in [0.2, 0.25) is 11.9 Å². The maximum Gasteiger partial charge on any atom is 0.257 e. The fourth-order valence-electron chi connectivity index (χ4n) is 1.26. The lowest BCUT2D eigenvalue weighted by atomic mass is 10.5. The molecule has 0 aliphatic heterocycles. The van der Waals surface area contributed by atoms with Crippen molar-refractivity contribution < 1.29 is 0 Å². The molecule has 18 heavy (non-hydrogen) atoms. The van der Waals surface area contributed by atoms with E-state index in [1.165, 1.54) is 4.68 Å². The van der Waals surface area contributed by atoms with Crippen molar-refractivity contribution in [2.24, 2.45) is 5.84 Å². The molecule has 0 aromatic carbocycles. The molecule has 0 saturated carbocycles. The highest BCUT2D eigenvalue weighted by molar-refractivity contribution is 6.31. The molecule has 8 nitrogen and oxygen atoms in total. The third-order valence-corrected chi connectivity index (χ3v) is 2.56. The van der Waals surface area contributed by atoms with Gasteiger partial charge in [0.25, 0.3) is 5.95 Å². The summed E-state index contributed by atoms with van der Waals surface area (Å²) in [5.74, 6) is 6.40. The Morgan fingerprint density at radius 1 is 1.33 bits per heavy atom. The highest BCUT2D eigenvalue weighted by Gasteiger charge is 2.11. The Balaban J connectivity index is 2.52. The van der Waals surface area contributed by atoms with Gasteiger partial charge in [-0.2, -0.15) is 20.1 Å². The largest absolute Gasteiger partial charge is 0.347 e. The first-order chi connectivity index (χ1) is 8.51. The van der Waals surface area contributed by atoms with Crippen molar-refractivity contribution in [3.8, 4) is 5.95 Å². The molecular formula is C9H13ClN8. The van der Waals surface area contributed by atoms with Gasteiger partial charge in [-0.15, -0.1) is 0 Å². The predicted molar refractivity (Wildman–Crippen MR) is 68.8 cm³/mol. The highest BCUT2D eigenvalue weighted by atomic mass is 35.5. The normalized spacial score (nSPS) is 10.5. The van der Waals surface area contributed by atoms with Crippen LogP contribution >= 0.6 is 11.6 Å². The second-order valence-electron chi connectivity index (χ2n) is 3.80. The molecule has 2 heterocycles. The topological polar surface area (TPSA) is 97.8 Å². The predicted octanol–water partition coefficient (Wildman–Crippen LogP) is 0.371. The zero-order chi connectivity index (χ0) is 13.3. The number of aromatic nitrogens is 5. The van der Waals surface area contributed by atoms with Crippen molar-refractivity contribution in [3.63, 3.8) is 0 Å². The Bertz CT molecular complexity index is 544. The molecule has 0 spiro atoms. The molecule has 96 valence electrons. The van der Waals surface area contributed by atoms with Crippen molar-refractivity contribution in [1.29, 1.82) is 0 Å². The minimum Gasteiger partial charge on any atom is -0.347 e. The summed E-state index contributed by atoms with van der Waals surface area (Å²) in [6.45, 7) is 1.80. The zero-order valence-corrected chi connectivity index (χ0v) is 11.0. The van der Waals surface area contributed by atoms with Gasteiger partial charge in [-0.1, -0.05) is 11.6 Å². The van der Waals surface area contributed by atoms with Crippen molar-refractivity contribution >= 4 is 23.5 Å². The molecule has 0 fully saturated rings. The van der Waals surface area contributed by atoms with E-state index in [0.29, 0.717) is 22.6 Å². The molecule has 0 aliphatic carbocycles. The monoisotopic (exact) mass is 268 g/mol. The zero-order valence-electron chi connectivity index (χ0n) is 10.2. The number of nitrogens with zero attached hydrogens (tertiary/aromatic N) is 6. The number of nitrogen functional groups attached to an aromatic ring is 1. The van der Waals surface area contributed by atoms with E-state index in [-0.39, 0.29) is 5.95 Å². The van der Waals surface area contributed by atoms with Crippen LogP contribution < -0.4 is 16.2 Å². The lowest BCUT2D eigenvalue weighted by Gasteiger charge is -2.12. The summed E-state index contributed by atoms with van der Waals surface area (Å²) in [6.07, 6.45) is 1.63. The fraction of sp³-hybridized carbons (Fsp3) is 0.333. The average molecular weight is 269 g/mol. The van der Waals surface area contributed by atoms with Crippen LogP contribution in [0, 0.1) is 6.92 Å². The quantitative estimate of drug-likeness (QED) is 0.613. The summed E-state index contributed by atoms with van der Waals surface area (Å²) in [6, 6.07) is 0. The first kappa shape index (κ1) is 12.5. The van der Waals surface area contributed by atoms with Gasteiger partial charge in [0.1, 0.15) is 0 Å². The SMILES string of the molecule is Cc1nn(-c2nc(NN)nc(N(C)C)n2)cc1Cl. The van der Waals surface area contributed by atoms with E-state index in [0.717, 1.165) is 0 Å². The second kappa shape index (κ2) is 4.75. The molecule has 0 atom stereocenters. The summed E-state index contributed by atoms with van der Waals surface area (Å²) >= 11 is 5.95. The molecule has 0 radical (unpaired) electrons. The molecule has 0 unspecified atom stereocenters. The number of hydrogen-bond donors (Lipinski definition) is 2. The van der Waals surface area contributed by atoms with E-state index >= 15 is 0 Å². The molecule has 2 aromatic rings. The van der Waals surface area contributed by atoms with Crippen molar-refractivity contribution in [2.75, 3.05) is 24.4 Å². The minimum atomic E-state index is 0.257. The molecular weight excluding hydrogens is 256 g/mol. The van der Waals surface area contributed by atoms with Crippen molar-refractivity contribution in [2.45, 2.75) is 6.92 Å². The Kier molecular flexibility index (Phi) is 3.30. The third-order valence-electron chi connectivity index (χ3n) is 2.18. The number of anilines is 2. The van der Waals surface area contributed by atoms with Gasteiger partial charge in [0.05, 0.1) is 16.9 Å². The molecule has 2 aromatic heterocycles. The molecule has 3 N–H and O–H groups in total. The van der Waals surface area contributed by atoms with Crippen LogP contribution in [0.3, 0.4) is 0 Å². The lowest BCUT2D eigenvalue weighted by Crippen LogP contribution is -2.19. The Morgan fingerprint density at radius 2 is 2.06 bits per heavy atom. The van der Waals surface area contributed by atoms with E-state index in [1.54, 1.807) is 18.0 Å². The van der Waals surface area contributed by atoms with E-state index in [2.05, 4.69) is 25.5 Å². The van der Waals surface area contributed by atoms with Crippen LogP contribution in [0.15, 0.2) is 6.20 Å². The summed E-state index contributed by atoms with van der Waals surface area (Å²) in [4.78, 5) is 14.2. The van der Waals surface area contributed by atoms with Gasteiger partial charge in [-0.3, -0.25) is 5.43 Å². The standard InChI is InChI=1S/C9H13ClN8/c1-5-6(10)4-18(16-5)9-13-7(15-11)12-8(14-9)17(2)3/h4H,11H2,1-3H3,(H,12,13,14,15).